The molecule has 4 heteroatoms. The number of anilines is 1. The molecule has 0 aliphatic heterocycles. The van der Waals surface area contributed by atoms with Crippen molar-refractivity contribution in [2.24, 2.45) is 0 Å². The molecule has 0 amide bonds. The molecule has 0 aliphatic carbocycles. The minimum absolute atomic E-state index is 0.230. The molecule has 1 unspecified atom stereocenters. The van der Waals surface area contributed by atoms with Gasteiger partial charge in [0.25, 0.3) is 0 Å². The number of aryl methyl sites for hydroxylation is 1. The van der Waals surface area contributed by atoms with Crippen molar-refractivity contribution in [1.29, 1.82) is 0 Å². The molecule has 0 saturated carbocycles. The van der Waals surface area contributed by atoms with E-state index in [9.17, 15) is 9.50 Å². The van der Waals surface area contributed by atoms with E-state index in [2.05, 4.69) is 5.32 Å². The van der Waals surface area contributed by atoms with E-state index in [1.54, 1.807) is 19.1 Å². The molecule has 90 valence electrons. The summed E-state index contributed by atoms with van der Waals surface area (Å²) in [4.78, 5) is 1.90. The zero-order chi connectivity index (χ0) is 12.1. The zero-order valence-corrected chi connectivity index (χ0v) is 10.00. The van der Waals surface area contributed by atoms with Crippen molar-refractivity contribution in [2.45, 2.75) is 13.0 Å². The van der Waals surface area contributed by atoms with Gasteiger partial charge in [0, 0.05) is 18.8 Å². The summed E-state index contributed by atoms with van der Waals surface area (Å²) in [7, 11) is 3.80. The summed E-state index contributed by atoms with van der Waals surface area (Å²) in [6.45, 7) is 2.72. The predicted molar refractivity (Wildman–Crippen MR) is 64.2 cm³/mol. The molecule has 16 heavy (non-hydrogen) atoms. The van der Waals surface area contributed by atoms with Crippen molar-refractivity contribution in [2.75, 3.05) is 32.5 Å². The maximum absolute atomic E-state index is 13.2. The molecule has 0 aliphatic rings. The van der Waals surface area contributed by atoms with E-state index in [1.807, 2.05) is 19.0 Å². The topological polar surface area (TPSA) is 35.5 Å². The number of nitrogens with zero attached hydrogens (tertiary/aromatic N) is 1. The summed E-state index contributed by atoms with van der Waals surface area (Å²) in [6, 6.07) is 4.97. The third-order valence-corrected chi connectivity index (χ3v) is 2.29. The van der Waals surface area contributed by atoms with E-state index in [1.165, 1.54) is 6.07 Å². The molecule has 0 fully saturated rings. The first-order valence-corrected chi connectivity index (χ1v) is 5.32. The maximum Gasteiger partial charge on any atom is 0.128 e. The Balaban J connectivity index is 2.45. The molecule has 1 atom stereocenters. The maximum atomic E-state index is 13.2. The second-order valence-electron chi connectivity index (χ2n) is 4.26. The molecule has 0 spiro atoms. The monoisotopic (exact) mass is 226 g/mol. The van der Waals surface area contributed by atoms with E-state index in [4.69, 9.17) is 0 Å². The van der Waals surface area contributed by atoms with E-state index in [0.29, 0.717) is 24.3 Å². The van der Waals surface area contributed by atoms with E-state index < -0.39 is 6.10 Å². The van der Waals surface area contributed by atoms with Gasteiger partial charge in [-0.3, -0.25) is 0 Å². The van der Waals surface area contributed by atoms with Crippen molar-refractivity contribution in [1.82, 2.24) is 4.90 Å². The van der Waals surface area contributed by atoms with Gasteiger partial charge in [0.1, 0.15) is 5.82 Å². The van der Waals surface area contributed by atoms with Gasteiger partial charge in [0.15, 0.2) is 0 Å². The molecule has 0 saturated heterocycles. The molecule has 0 heterocycles. The molecule has 2 N–H and O–H groups in total. The van der Waals surface area contributed by atoms with Crippen LogP contribution in [0.3, 0.4) is 0 Å². The number of aliphatic hydroxyl groups is 1. The van der Waals surface area contributed by atoms with Crippen LogP contribution in [0.1, 0.15) is 5.56 Å². The molecule has 1 aromatic rings. The Morgan fingerprint density at radius 1 is 1.44 bits per heavy atom. The first-order valence-electron chi connectivity index (χ1n) is 5.32. The third kappa shape index (κ3) is 4.16. The highest BCUT2D eigenvalue weighted by atomic mass is 19.1. The van der Waals surface area contributed by atoms with E-state index in [-0.39, 0.29) is 5.82 Å². The number of rotatable bonds is 5. The Morgan fingerprint density at radius 2 is 2.12 bits per heavy atom. The number of benzene rings is 1. The zero-order valence-electron chi connectivity index (χ0n) is 10.00. The van der Waals surface area contributed by atoms with Gasteiger partial charge in [-0.25, -0.2) is 4.39 Å². The number of hydrogen-bond donors (Lipinski definition) is 2. The lowest BCUT2D eigenvalue weighted by atomic mass is 10.2. The highest BCUT2D eigenvalue weighted by Crippen LogP contribution is 2.13. The number of nitrogens with one attached hydrogen (secondary N) is 1. The van der Waals surface area contributed by atoms with Crippen LogP contribution in [-0.2, 0) is 0 Å². The Bertz CT molecular complexity index is 342. The number of aliphatic hydroxyl groups excluding tert-OH is 1. The number of likely N-dealkylation sites (N-methyl/N-ethyl adjacent to an activating group) is 1. The molecule has 1 rings (SSSR count). The average molecular weight is 226 g/mol. The van der Waals surface area contributed by atoms with Gasteiger partial charge in [0.2, 0.25) is 0 Å². The lowest BCUT2D eigenvalue weighted by Crippen LogP contribution is -2.31. The summed E-state index contributed by atoms with van der Waals surface area (Å²) in [5.41, 5.74) is 1.32. The highest BCUT2D eigenvalue weighted by molar-refractivity contribution is 5.45. The lowest BCUT2D eigenvalue weighted by Gasteiger charge is -2.17. The van der Waals surface area contributed by atoms with Crippen LogP contribution in [0.2, 0.25) is 0 Å². The largest absolute Gasteiger partial charge is 0.390 e. The van der Waals surface area contributed by atoms with Gasteiger partial charge in [-0.1, -0.05) is 6.07 Å². The second kappa shape index (κ2) is 5.82. The first-order chi connectivity index (χ1) is 7.49. The van der Waals surface area contributed by atoms with Gasteiger partial charge < -0.3 is 15.3 Å². The first kappa shape index (κ1) is 12.9. The Kier molecular flexibility index (Phi) is 4.71. The minimum atomic E-state index is -0.459. The summed E-state index contributed by atoms with van der Waals surface area (Å²) >= 11 is 0. The van der Waals surface area contributed by atoms with Crippen molar-refractivity contribution >= 4 is 5.69 Å². The third-order valence-electron chi connectivity index (χ3n) is 2.29. The van der Waals surface area contributed by atoms with Gasteiger partial charge >= 0.3 is 0 Å². The normalized spacial score (nSPS) is 12.9. The summed E-state index contributed by atoms with van der Waals surface area (Å²) in [5, 5.41) is 12.6. The Labute approximate surface area is 95.9 Å². The number of halogens is 1. The van der Waals surface area contributed by atoms with E-state index >= 15 is 0 Å². The van der Waals surface area contributed by atoms with Crippen LogP contribution in [0, 0.1) is 12.7 Å². The van der Waals surface area contributed by atoms with Crippen molar-refractivity contribution in [3.05, 3.63) is 29.6 Å². The summed E-state index contributed by atoms with van der Waals surface area (Å²) < 4.78 is 13.2. The fourth-order valence-electron chi connectivity index (χ4n) is 1.42. The molecule has 3 nitrogen and oxygen atoms in total. The minimum Gasteiger partial charge on any atom is -0.390 e. The molecule has 0 radical (unpaired) electrons. The smallest absolute Gasteiger partial charge is 0.128 e. The van der Waals surface area contributed by atoms with Crippen molar-refractivity contribution in [3.8, 4) is 0 Å². The van der Waals surface area contributed by atoms with Crippen molar-refractivity contribution in [3.63, 3.8) is 0 Å². The molecular formula is C12H19FN2O. The highest BCUT2D eigenvalue weighted by Gasteiger charge is 2.05. The fraction of sp³-hybridized carbons (Fsp3) is 0.500. The van der Waals surface area contributed by atoms with Crippen molar-refractivity contribution < 1.29 is 9.50 Å². The molecule has 0 aromatic heterocycles. The predicted octanol–water partition coefficient (Wildman–Crippen LogP) is 1.47. The van der Waals surface area contributed by atoms with Gasteiger partial charge in [0.05, 0.1) is 6.10 Å². The number of hydrogen-bond acceptors (Lipinski definition) is 3. The van der Waals surface area contributed by atoms with Crippen LogP contribution in [0.25, 0.3) is 0 Å². The Morgan fingerprint density at radius 3 is 2.69 bits per heavy atom. The fourth-order valence-corrected chi connectivity index (χ4v) is 1.42. The van der Waals surface area contributed by atoms with Crippen LogP contribution in [0.15, 0.2) is 18.2 Å². The van der Waals surface area contributed by atoms with Crippen LogP contribution in [0.4, 0.5) is 10.1 Å². The molecule has 0 bridgehead atoms. The molecular weight excluding hydrogens is 207 g/mol. The second-order valence-corrected chi connectivity index (χ2v) is 4.26. The van der Waals surface area contributed by atoms with E-state index in [0.717, 1.165) is 0 Å². The SMILES string of the molecule is Cc1ccc(NCC(O)CN(C)C)cc1F. The Hall–Kier alpha value is -1.13. The average Bonchev–Trinajstić information content (AvgIpc) is 2.19. The summed E-state index contributed by atoms with van der Waals surface area (Å²) in [5.74, 6) is -0.230. The van der Waals surface area contributed by atoms with Gasteiger partial charge in [-0.15, -0.1) is 0 Å². The van der Waals surface area contributed by atoms with Gasteiger partial charge in [-0.2, -0.15) is 0 Å². The van der Waals surface area contributed by atoms with Gasteiger partial charge in [-0.05, 0) is 38.7 Å². The standard InChI is InChI=1S/C12H19FN2O/c1-9-4-5-10(6-12(9)13)14-7-11(16)8-15(2)3/h4-6,11,14,16H,7-8H2,1-3H3. The van der Waals surface area contributed by atoms with Crippen LogP contribution in [0.5, 0.6) is 0 Å². The summed E-state index contributed by atoms with van der Waals surface area (Å²) in [6.07, 6.45) is -0.459. The molecule has 1 aromatic carbocycles. The lowest BCUT2D eigenvalue weighted by molar-refractivity contribution is 0.148. The van der Waals surface area contributed by atoms with Crippen LogP contribution < -0.4 is 5.32 Å². The van der Waals surface area contributed by atoms with Crippen LogP contribution in [-0.4, -0.2) is 43.3 Å². The van der Waals surface area contributed by atoms with Crippen LogP contribution >= 0.6 is 0 Å². The quantitative estimate of drug-likeness (QED) is 0.798.